The molecule has 1 aromatic carbocycles. The number of hydrogen-bond donors (Lipinski definition) is 0. The summed E-state index contributed by atoms with van der Waals surface area (Å²) in [5.41, 5.74) is 1.02. The van der Waals surface area contributed by atoms with Gasteiger partial charge in [-0.3, -0.25) is 0 Å². The Morgan fingerprint density at radius 3 is 2.68 bits per heavy atom. The van der Waals surface area contributed by atoms with Crippen molar-refractivity contribution in [2.45, 2.75) is 18.9 Å². The molecule has 1 fully saturated rings. The van der Waals surface area contributed by atoms with Crippen LogP contribution in [0.15, 0.2) is 30.6 Å². The van der Waals surface area contributed by atoms with Gasteiger partial charge in [-0.1, -0.05) is 12.1 Å². The number of fused-ring (bicyclic) bond motifs is 1. The molecule has 1 aliphatic rings. The molecule has 0 radical (unpaired) electrons. The number of benzene rings is 1. The molecule has 0 unspecified atom stereocenters. The van der Waals surface area contributed by atoms with Gasteiger partial charge < -0.3 is 9.80 Å². The van der Waals surface area contributed by atoms with E-state index in [2.05, 4.69) is 46.0 Å². The molecule has 4 heteroatoms. The maximum Gasteiger partial charge on any atom is 0.139 e. The molecule has 3 rings (SSSR count). The lowest BCUT2D eigenvalue weighted by Gasteiger charge is -2.36. The maximum absolute atomic E-state index is 4.50. The highest BCUT2D eigenvalue weighted by Gasteiger charge is 2.22. The zero-order valence-corrected chi connectivity index (χ0v) is 11.6. The molecule has 2 heterocycles. The number of rotatable bonds is 2. The second-order valence-corrected chi connectivity index (χ2v) is 5.36. The maximum atomic E-state index is 4.50. The van der Waals surface area contributed by atoms with E-state index in [1.165, 1.54) is 12.8 Å². The summed E-state index contributed by atoms with van der Waals surface area (Å²) >= 11 is 0. The van der Waals surface area contributed by atoms with Gasteiger partial charge in [-0.25, -0.2) is 9.97 Å². The van der Waals surface area contributed by atoms with Crippen LogP contribution in [0.4, 0.5) is 5.82 Å². The first-order chi connectivity index (χ1) is 9.25. The Morgan fingerprint density at radius 1 is 1.16 bits per heavy atom. The van der Waals surface area contributed by atoms with Gasteiger partial charge in [-0.05, 0) is 45.1 Å². The number of piperidine rings is 1. The van der Waals surface area contributed by atoms with Crippen LogP contribution in [0.2, 0.25) is 0 Å². The highest BCUT2D eigenvalue weighted by molar-refractivity contribution is 5.89. The lowest BCUT2D eigenvalue weighted by atomic mass is 10.0. The first-order valence-corrected chi connectivity index (χ1v) is 6.87. The van der Waals surface area contributed by atoms with Crippen LogP contribution in [-0.4, -0.2) is 48.1 Å². The summed E-state index contributed by atoms with van der Waals surface area (Å²) in [6.45, 7) is 2.33. The average molecular weight is 256 g/mol. The summed E-state index contributed by atoms with van der Waals surface area (Å²) < 4.78 is 0. The molecule has 100 valence electrons. The van der Waals surface area contributed by atoms with E-state index in [-0.39, 0.29) is 0 Å². The van der Waals surface area contributed by atoms with Gasteiger partial charge in [-0.2, -0.15) is 0 Å². The van der Waals surface area contributed by atoms with Crippen LogP contribution in [-0.2, 0) is 0 Å². The molecular weight excluding hydrogens is 236 g/mol. The second kappa shape index (κ2) is 5.13. The molecule has 1 aromatic heterocycles. The molecule has 0 atom stereocenters. The Kier molecular flexibility index (Phi) is 3.34. The molecule has 0 aliphatic carbocycles. The van der Waals surface area contributed by atoms with E-state index >= 15 is 0 Å². The molecule has 0 spiro atoms. The molecule has 19 heavy (non-hydrogen) atoms. The van der Waals surface area contributed by atoms with E-state index < -0.39 is 0 Å². The van der Waals surface area contributed by atoms with Crippen LogP contribution in [0.1, 0.15) is 12.8 Å². The Bertz CT molecular complexity index is 556. The normalized spacial score (nSPS) is 17.8. The van der Waals surface area contributed by atoms with E-state index in [0.29, 0.717) is 6.04 Å². The SMILES string of the molecule is CN1CCC(N(C)c2ncnc3ccccc23)CC1. The predicted molar refractivity (Wildman–Crippen MR) is 78.5 cm³/mol. The van der Waals surface area contributed by atoms with E-state index in [4.69, 9.17) is 0 Å². The van der Waals surface area contributed by atoms with E-state index in [1.807, 2.05) is 12.1 Å². The predicted octanol–water partition coefficient (Wildman–Crippen LogP) is 2.16. The summed E-state index contributed by atoms with van der Waals surface area (Å²) in [4.78, 5) is 13.6. The minimum Gasteiger partial charge on any atom is -0.356 e. The summed E-state index contributed by atoms with van der Waals surface area (Å²) in [6, 6.07) is 8.81. The van der Waals surface area contributed by atoms with Crippen molar-refractivity contribution in [2.75, 3.05) is 32.1 Å². The summed E-state index contributed by atoms with van der Waals surface area (Å²) in [5, 5.41) is 1.14. The van der Waals surface area contributed by atoms with Gasteiger partial charge in [0.25, 0.3) is 0 Å². The molecule has 0 saturated carbocycles. The molecule has 4 nitrogen and oxygen atoms in total. The molecular formula is C15H20N4. The smallest absolute Gasteiger partial charge is 0.139 e. The molecule has 1 saturated heterocycles. The fourth-order valence-corrected chi connectivity index (χ4v) is 2.83. The lowest BCUT2D eigenvalue weighted by Crippen LogP contribution is -2.42. The van der Waals surface area contributed by atoms with Gasteiger partial charge in [0.2, 0.25) is 0 Å². The van der Waals surface area contributed by atoms with Gasteiger partial charge in [0.15, 0.2) is 0 Å². The Hall–Kier alpha value is -1.68. The van der Waals surface area contributed by atoms with Gasteiger partial charge in [0.1, 0.15) is 12.1 Å². The Labute approximate surface area is 114 Å². The topological polar surface area (TPSA) is 32.3 Å². The molecule has 0 amide bonds. The van der Waals surface area contributed by atoms with Gasteiger partial charge >= 0.3 is 0 Å². The van der Waals surface area contributed by atoms with Crippen molar-refractivity contribution in [3.05, 3.63) is 30.6 Å². The number of para-hydroxylation sites is 1. The molecule has 2 aromatic rings. The van der Waals surface area contributed by atoms with Gasteiger partial charge in [-0.15, -0.1) is 0 Å². The van der Waals surface area contributed by atoms with E-state index in [9.17, 15) is 0 Å². The average Bonchev–Trinajstić information content (AvgIpc) is 2.47. The van der Waals surface area contributed by atoms with Crippen molar-refractivity contribution in [1.29, 1.82) is 0 Å². The van der Waals surface area contributed by atoms with Crippen LogP contribution in [0.5, 0.6) is 0 Å². The second-order valence-electron chi connectivity index (χ2n) is 5.36. The van der Waals surface area contributed by atoms with Gasteiger partial charge in [0.05, 0.1) is 5.52 Å². The minimum absolute atomic E-state index is 0.578. The summed E-state index contributed by atoms with van der Waals surface area (Å²) in [6.07, 6.45) is 4.07. The molecule has 1 aliphatic heterocycles. The van der Waals surface area contributed by atoms with Crippen molar-refractivity contribution < 1.29 is 0 Å². The number of anilines is 1. The largest absolute Gasteiger partial charge is 0.356 e. The number of nitrogens with zero attached hydrogens (tertiary/aromatic N) is 4. The first-order valence-electron chi connectivity index (χ1n) is 6.87. The fourth-order valence-electron chi connectivity index (χ4n) is 2.83. The molecule has 0 bridgehead atoms. The fraction of sp³-hybridized carbons (Fsp3) is 0.467. The van der Waals surface area contributed by atoms with Crippen molar-refractivity contribution in [1.82, 2.24) is 14.9 Å². The van der Waals surface area contributed by atoms with Crippen LogP contribution < -0.4 is 4.90 Å². The number of likely N-dealkylation sites (tertiary alicyclic amines) is 1. The highest BCUT2D eigenvalue weighted by Crippen LogP contribution is 2.26. The van der Waals surface area contributed by atoms with Crippen LogP contribution in [0.3, 0.4) is 0 Å². The standard InChI is InChI=1S/C15H20N4/c1-18-9-7-12(8-10-18)19(2)15-13-5-3-4-6-14(13)16-11-17-15/h3-6,11-12H,7-10H2,1-2H3. The van der Waals surface area contributed by atoms with Gasteiger partial charge in [0, 0.05) is 18.5 Å². The minimum atomic E-state index is 0.578. The monoisotopic (exact) mass is 256 g/mol. The third-order valence-electron chi connectivity index (χ3n) is 4.09. The van der Waals surface area contributed by atoms with Crippen molar-refractivity contribution in [3.63, 3.8) is 0 Å². The van der Waals surface area contributed by atoms with Crippen molar-refractivity contribution in [2.24, 2.45) is 0 Å². The van der Waals surface area contributed by atoms with E-state index in [1.54, 1.807) is 6.33 Å². The third kappa shape index (κ3) is 2.40. The van der Waals surface area contributed by atoms with Crippen molar-refractivity contribution >= 4 is 16.7 Å². The Morgan fingerprint density at radius 2 is 1.89 bits per heavy atom. The first kappa shape index (κ1) is 12.4. The zero-order chi connectivity index (χ0) is 13.2. The van der Waals surface area contributed by atoms with Crippen molar-refractivity contribution in [3.8, 4) is 0 Å². The van der Waals surface area contributed by atoms with Crippen LogP contribution in [0.25, 0.3) is 10.9 Å². The Balaban J connectivity index is 1.91. The lowest BCUT2D eigenvalue weighted by molar-refractivity contribution is 0.252. The summed E-state index contributed by atoms with van der Waals surface area (Å²) in [5.74, 6) is 1.06. The summed E-state index contributed by atoms with van der Waals surface area (Å²) in [7, 11) is 4.35. The zero-order valence-electron chi connectivity index (χ0n) is 11.6. The van der Waals surface area contributed by atoms with E-state index in [0.717, 1.165) is 29.8 Å². The molecule has 0 N–H and O–H groups in total. The third-order valence-corrected chi connectivity index (χ3v) is 4.09. The highest BCUT2D eigenvalue weighted by atomic mass is 15.2. The van der Waals surface area contributed by atoms with Crippen LogP contribution in [0, 0.1) is 0 Å². The van der Waals surface area contributed by atoms with Crippen LogP contribution >= 0.6 is 0 Å². The number of hydrogen-bond acceptors (Lipinski definition) is 4. The number of aromatic nitrogens is 2. The quantitative estimate of drug-likeness (QED) is 0.824.